The lowest BCUT2D eigenvalue weighted by molar-refractivity contribution is -0.253. The van der Waals surface area contributed by atoms with Crippen LogP contribution in [0.15, 0.2) is 95.9 Å². The zero-order chi connectivity index (χ0) is 29.9. The zero-order valence-corrected chi connectivity index (χ0v) is 22.4. The topological polar surface area (TPSA) is 182 Å². The maximum atomic E-state index is 12.9. The number of carboxylic acid groups (broad SMARTS) is 1. The Bertz CT molecular complexity index is 1580. The van der Waals surface area contributed by atoms with E-state index in [4.69, 9.17) is 29.8 Å². The lowest BCUT2D eigenvalue weighted by Gasteiger charge is -2.11. The van der Waals surface area contributed by atoms with Crippen LogP contribution in [0.3, 0.4) is 0 Å². The van der Waals surface area contributed by atoms with Gasteiger partial charge in [-0.05, 0) is 53.6 Å². The molecule has 4 aromatic rings. The maximum Gasteiger partial charge on any atom is 0.344 e. The van der Waals surface area contributed by atoms with Crippen molar-refractivity contribution in [2.24, 2.45) is 5.90 Å². The van der Waals surface area contributed by atoms with Gasteiger partial charge >= 0.3 is 11.9 Å². The molecule has 0 spiro atoms. The van der Waals surface area contributed by atoms with Crippen molar-refractivity contribution in [2.75, 3.05) is 0 Å². The van der Waals surface area contributed by atoms with Crippen LogP contribution in [0.5, 0.6) is 23.0 Å². The van der Waals surface area contributed by atoms with E-state index in [0.717, 1.165) is 23.3 Å². The van der Waals surface area contributed by atoms with Gasteiger partial charge < -0.3 is 23.8 Å². The minimum absolute atomic E-state index is 0.00911. The van der Waals surface area contributed by atoms with Gasteiger partial charge in [-0.15, -0.1) is 0 Å². The first-order valence-electron chi connectivity index (χ1n) is 11.9. The van der Waals surface area contributed by atoms with Gasteiger partial charge in [0.05, 0.1) is 16.0 Å². The average molecular weight is 598 g/mol. The summed E-state index contributed by atoms with van der Waals surface area (Å²) >= 11 is -2.04. The molecule has 4 aromatic carbocycles. The van der Waals surface area contributed by atoms with Gasteiger partial charge in [0.15, 0.2) is 11.5 Å². The van der Waals surface area contributed by atoms with Crippen LogP contribution in [0, 0.1) is 0 Å². The average Bonchev–Trinajstić information content (AvgIpc) is 2.98. The molecule has 1 unspecified atom stereocenters. The van der Waals surface area contributed by atoms with Gasteiger partial charge in [0, 0.05) is 12.1 Å². The van der Waals surface area contributed by atoms with Crippen LogP contribution >= 0.6 is 0 Å². The summed E-state index contributed by atoms with van der Waals surface area (Å²) in [6.07, 6.45) is 0. The molecule has 4 N–H and O–H groups in total. The Morgan fingerprint density at radius 1 is 0.738 bits per heavy atom. The molecular weight excluding hydrogens is 574 g/mol. The molecular formula is C28H23NO12S. The van der Waals surface area contributed by atoms with Crippen molar-refractivity contribution in [3.63, 3.8) is 0 Å². The summed E-state index contributed by atoms with van der Waals surface area (Å²) < 4.78 is 23.8. The second kappa shape index (κ2) is 14.7. The van der Waals surface area contributed by atoms with E-state index >= 15 is 0 Å². The molecule has 42 heavy (non-hydrogen) atoms. The third-order valence-electron chi connectivity index (χ3n) is 5.48. The van der Waals surface area contributed by atoms with Crippen molar-refractivity contribution >= 4 is 23.0 Å². The Morgan fingerprint density at radius 2 is 1.43 bits per heavy atom. The molecule has 0 saturated heterocycles. The fraction of sp³-hybridized carbons (Fsp3) is 0.0714. The molecule has 0 radical (unpaired) electrons. The Kier molecular flexibility index (Phi) is 10.5. The Balaban J connectivity index is 1.39. The van der Waals surface area contributed by atoms with Crippen molar-refractivity contribution < 1.29 is 57.6 Å². The van der Waals surface area contributed by atoms with E-state index in [9.17, 15) is 18.9 Å². The van der Waals surface area contributed by atoms with Crippen molar-refractivity contribution in [1.29, 1.82) is 0 Å². The molecule has 0 aliphatic rings. The largest absolute Gasteiger partial charge is 0.478 e. The van der Waals surface area contributed by atoms with Gasteiger partial charge in [-0.2, -0.15) is 10.8 Å². The first-order valence-corrected chi connectivity index (χ1v) is 13.0. The summed E-state index contributed by atoms with van der Waals surface area (Å²) in [4.78, 5) is 48.0. The number of nitrogens with two attached hydrogens (primary N) is 1. The highest BCUT2D eigenvalue weighted by molar-refractivity contribution is 7.80. The number of hydrogen-bond donors (Lipinski definition) is 3. The van der Waals surface area contributed by atoms with Crippen LogP contribution in [-0.4, -0.2) is 26.5 Å². The van der Waals surface area contributed by atoms with Crippen molar-refractivity contribution in [1.82, 2.24) is 0 Å². The van der Waals surface area contributed by atoms with Crippen LogP contribution in [0.25, 0.3) is 0 Å². The summed E-state index contributed by atoms with van der Waals surface area (Å²) in [5.74, 6) is 2.87. The molecule has 0 aromatic heterocycles. The van der Waals surface area contributed by atoms with E-state index in [1.165, 1.54) is 36.4 Å². The predicted octanol–water partition coefficient (Wildman–Crippen LogP) is 4.39. The molecule has 218 valence electrons. The Hall–Kier alpha value is -4.83. The Morgan fingerprint density at radius 3 is 2.17 bits per heavy atom. The molecule has 14 heteroatoms. The van der Waals surface area contributed by atoms with Crippen LogP contribution in [0.2, 0.25) is 0 Å². The fourth-order valence-electron chi connectivity index (χ4n) is 3.57. The summed E-state index contributed by atoms with van der Waals surface area (Å²) in [5.41, 5.74) is 0.784. The molecule has 0 heterocycles. The van der Waals surface area contributed by atoms with E-state index in [2.05, 4.69) is 14.8 Å². The van der Waals surface area contributed by atoms with Gasteiger partial charge in [-0.1, -0.05) is 41.4 Å². The summed E-state index contributed by atoms with van der Waals surface area (Å²) in [7, 11) is 0. The quantitative estimate of drug-likeness (QED) is 0.0806. The molecule has 1 atom stereocenters. The van der Waals surface area contributed by atoms with Crippen LogP contribution in [-0.2, 0) is 39.1 Å². The smallest absolute Gasteiger partial charge is 0.344 e. The van der Waals surface area contributed by atoms with E-state index in [0.29, 0.717) is 0 Å². The number of esters is 1. The van der Waals surface area contributed by atoms with Crippen LogP contribution in [0.1, 0.15) is 31.8 Å². The molecule has 0 fully saturated rings. The first kappa shape index (κ1) is 30.1. The van der Waals surface area contributed by atoms with Crippen LogP contribution in [0.4, 0.5) is 0 Å². The normalized spacial score (nSPS) is 11.4. The van der Waals surface area contributed by atoms with Crippen molar-refractivity contribution in [2.45, 2.75) is 18.1 Å². The first-order chi connectivity index (χ1) is 20.4. The summed E-state index contributed by atoms with van der Waals surface area (Å²) in [5, 5.41) is 18.1. The third kappa shape index (κ3) is 8.11. The molecule has 0 aliphatic heterocycles. The number of benzene rings is 4. The highest BCUT2D eigenvalue weighted by atomic mass is 32.2. The minimum Gasteiger partial charge on any atom is -0.478 e. The molecule has 13 nitrogen and oxygen atoms in total. The monoisotopic (exact) mass is 597 g/mol. The van der Waals surface area contributed by atoms with Gasteiger partial charge in [-0.3, -0.25) is 5.26 Å². The highest BCUT2D eigenvalue weighted by Crippen LogP contribution is 2.25. The molecule has 0 amide bonds. The number of aromatic carboxylic acids is 1. The highest BCUT2D eigenvalue weighted by Gasteiger charge is 2.21. The fourth-order valence-corrected chi connectivity index (χ4v) is 4.35. The maximum absolute atomic E-state index is 12.9. The van der Waals surface area contributed by atoms with E-state index in [1.807, 2.05) is 0 Å². The van der Waals surface area contributed by atoms with Crippen molar-refractivity contribution in [3.8, 4) is 23.0 Å². The summed E-state index contributed by atoms with van der Waals surface area (Å²) in [6, 6.07) is 22.5. The molecule has 0 aliphatic carbocycles. The van der Waals surface area contributed by atoms with Crippen molar-refractivity contribution in [3.05, 3.63) is 113 Å². The summed E-state index contributed by atoms with van der Waals surface area (Å²) in [6.45, 7) is 0.0545. The third-order valence-corrected chi connectivity index (χ3v) is 6.46. The second-order valence-corrected chi connectivity index (χ2v) is 9.34. The predicted molar refractivity (Wildman–Crippen MR) is 143 cm³/mol. The van der Waals surface area contributed by atoms with Gasteiger partial charge in [-0.25, -0.2) is 18.7 Å². The Labute approximate surface area is 240 Å². The van der Waals surface area contributed by atoms with E-state index < -0.39 is 23.0 Å². The SMILES string of the molecule is NOOc1ccc(C(=O)O)c(C(=O)Oc2cccc(S(=O)Oc3cccc(OOCc4ccccc4COO)c3)c2)c1. The number of ether oxygens (including phenoxy) is 1. The van der Waals surface area contributed by atoms with Gasteiger partial charge in [0.1, 0.15) is 24.7 Å². The number of carboxylic acids is 1. The standard InChI is InChI=1S/C28H23NO12S/c29-41-39-22-11-12-25(27(30)31)26(15-22)28(32)37-20-7-4-10-24(14-20)42(34)40-23-9-3-8-21(13-23)38-36-17-19-6-2-1-5-18(19)16-35-33/h1-15,33H,16-17,29H2,(H,30,31). The van der Waals surface area contributed by atoms with Gasteiger partial charge in [0.2, 0.25) is 11.1 Å². The number of carbonyl (C=O) groups is 2. The lowest BCUT2D eigenvalue weighted by atomic mass is 10.1. The molecule has 0 bridgehead atoms. The number of rotatable bonds is 14. The van der Waals surface area contributed by atoms with Crippen LogP contribution < -0.4 is 24.6 Å². The van der Waals surface area contributed by atoms with Gasteiger partial charge in [0.25, 0.3) is 0 Å². The zero-order valence-electron chi connectivity index (χ0n) is 21.5. The van der Waals surface area contributed by atoms with E-state index in [-0.39, 0.29) is 52.2 Å². The number of hydrogen-bond acceptors (Lipinski definition) is 12. The molecule has 0 saturated carbocycles. The minimum atomic E-state index is -2.04. The van der Waals surface area contributed by atoms with E-state index in [1.54, 1.807) is 42.5 Å². The number of carbonyl (C=O) groups excluding carboxylic acids is 1. The molecule has 4 rings (SSSR count). The second-order valence-electron chi connectivity index (χ2n) is 8.24. The lowest BCUT2D eigenvalue weighted by Crippen LogP contribution is -2.15.